The van der Waals surface area contributed by atoms with E-state index in [1.54, 1.807) is 24.3 Å². The van der Waals surface area contributed by atoms with Crippen LogP contribution in [0.3, 0.4) is 0 Å². The number of H-pyrrole nitrogens is 1. The Morgan fingerprint density at radius 2 is 1.96 bits per heavy atom. The van der Waals surface area contributed by atoms with Gasteiger partial charge in [0.2, 0.25) is 5.78 Å². The van der Waals surface area contributed by atoms with Crippen LogP contribution in [0.2, 0.25) is 5.02 Å². The van der Waals surface area contributed by atoms with Crippen LogP contribution in [0.15, 0.2) is 39.6 Å². The number of aromatic amines is 1. The fourth-order valence-electron chi connectivity index (χ4n) is 2.17. The fraction of sp³-hybridized carbons (Fsp3) is 0.211. The molecule has 1 aromatic carbocycles. The van der Waals surface area contributed by atoms with Gasteiger partial charge in [0.25, 0.3) is 5.56 Å². The minimum Gasteiger partial charge on any atom is -0.360 e. The normalized spacial score (nSPS) is 13.4. The molecule has 0 bridgehead atoms. The minimum absolute atomic E-state index is 0.215. The first kappa shape index (κ1) is 18.4. The van der Waals surface area contributed by atoms with Gasteiger partial charge in [-0.2, -0.15) is 0 Å². The third kappa shape index (κ3) is 4.20. The Bertz CT molecular complexity index is 1120. The Morgan fingerprint density at radius 3 is 2.58 bits per heavy atom. The standard InChI is InChI=1S/C19H17ClN2O3S/c1-19(2,3)16-9-13(22-25-16)14(23)10-17-21-18(24)15(26-17)8-11-4-6-12(20)7-5-11/h4-10H,1-3H3,(H,21,24)/b15-8+,17-10-. The van der Waals surface area contributed by atoms with Crippen molar-refractivity contribution < 1.29 is 9.32 Å². The summed E-state index contributed by atoms with van der Waals surface area (Å²) in [6.45, 7) is 5.92. The van der Waals surface area contributed by atoms with Crippen LogP contribution in [0, 0.1) is 0 Å². The van der Waals surface area contributed by atoms with Crippen LogP contribution in [0.5, 0.6) is 0 Å². The van der Waals surface area contributed by atoms with Gasteiger partial charge in [0.1, 0.15) is 5.76 Å². The predicted octanol–water partition coefficient (Wildman–Crippen LogP) is 2.87. The van der Waals surface area contributed by atoms with Gasteiger partial charge < -0.3 is 9.51 Å². The van der Waals surface area contributed by atoms with E-state index in [0.717, 1.165) is 5.56 Å². The van der Waals surface area contributed by atoms with Crippen molar-refractivity contribution in [2.45, 2.75) is 26.2 Å². The quantitative estimate of drug-likeness (QED) is 0.700. The molecule has 2 aromatic heterocycles. The molecule has 0 saturated carbocycles. The van der Waals surface area contributed by atoms with Gasteiger partial charge in [-0.15, -0.1) is 11.3 Å². The Balaban J connectivity index is 1.93. The Kier molecular flexibility index (Phi) is 4.98. The number of thiazole rings is 1. The molecular weight excluding hydrogens is 372 g/mol. The van der Waals surface area contributed by atoms with Gasteiger partial charge in [0.15, 0.2) is 5.69 Å². The minimum atomic E-state index is -0.320. The summed E-state index contributed by atoms with van der Waals surface area (Å²) in [5.74, 6) is 0.311. The van der Waals surface area contributed by atoms with E-state index in [1.807, 2.05) is 32.9 Å². The molecule has 0 fully saturated rings. The molecule has 3 aromatic rings. The number of ketones is 1. The van der Waals surface area contributed by atoms with E-state index in [1.165, 1.54) is 17.4 Å². The van der Waals surface area contributed by atoms with Gasteiger partial charge in [-0.1, -0.05) is 49.7 Å². The van der Waals surface area contributed by atoms with Gasteiger partial charge >= 0.3 is 0 Å². The van der Waals surface area contributed by atoms with Crippen LogP contribution < -0.4 is 14.8 Å². The summed E-state index contributed by atoms with van der Waals surface area (Å²) in [5.41, 5.74) is 0.585. The third-order valence-corrected chi connectivity index (χ3v) is 4.83. The van der Waals surface area contributed by atoms with E-state index >= 15 is 0 Å². The summed E-state index contributed by atoms with van der Waals surface area (Å²) in [7, 11) is 0. The summed E-state index contributed by atoms with van der Waals surface area (Å²) < 4.78 is 6.19. The fourth-order valence-corrected chi connectivity index (χ4v) is 3.18. The predicted molar refractivity (Wildman–Crippen MR) is 103 cm³/mol. The van der Waals surface area contributed by atoms with E-state index < -0.39 is 0 Å². The van der Waals surface area contributed by atoms with Crippen LogP contribution in [0.4, 0.5) is 0 Å². The largest absolute Gasteiger partial charge is 0.360 e. The van der Waals surface area contributed by atoms with Crippen LogP contribution in [0.25, 0.3) is 12.2 Å². The molecule has 0 saturated heterocycles. The number of benzene rings is 1. The summed E-state index contributed by atoms with van der Waals surface area (Å²) in [4.78, 5) is 27.1. The van der Waals surface area contributed by atoms with Gasteiger partial charge in [-0.05, 0) is 23.8 Å². The van der Waals surface area contributed by atoms with Gasteiger partial charge in [-0.3, -0.25) is 9.59 Å². The summed E-state index contributed by atoms with van der Waals surface area (Å²) >= 11 is 7.06. The van der Waals surface area contributed by atoms with E-state index in [2.05, 4.69) is 10.1 Å². The molecular formula is C19H17ClN2O3S. The van der Waals surface area contributed by atoms with Crippen LogP contribution >= 0.6 is 22.9 Å². The second-order valence-electron chi connectivity index (χ2n) is 6.82. The zero-order valence-electron chi connectivity index (χ0n) is 14.5. The second kappa shape index (κ2) is 7.05. The van der Waals surface area contributed by atoms with E-state index in [4.69, 9.17) is 16.1 Å². The molecule has 0 aliphatic heterocycles. The second-order valence-corrected chi connectivity index (χ2v) is 8.34. The van der Waals surface area contributed by atoms with E-state index in [9.17, 15) is 9.59 Å². The molecule has 2 heterocycles. The maximum atomic E-state index is 12.4. The molecule has 0 atom stereocenters. The first-order valence-electron chi connectivity index (χ1n) is 7.92. The number of aromatic nitrogens is 2. The van der Waals surface area contributed by atoms with Crippen molar-refractivity contribution in [1.29, 1.82) is 0 Å². The average Bonchev–Trinajstić information content (AvgIpc) is 3.17. The van der Waals surface area contributed by atoms with Crippen LogP contribution in [-0.2, 0) is 5.41 Å². The highest BCUT2D eigenvalue weighted by atomic mass is 35.5. The van der Waals surface area contributed by atoms with Crippen molar-refractivity contribution in [3.63, 3.8) is 0 Å². The van der Waals surface area contributed by atoms with Gasteiger partial charge in [0, 0.05) is 22.6 Å². The van der Waals surface area contributed by atoms with Crippen molar-refractivity contribution in [2.75, 3.05) is 0 Å². The zero-order chi connectivity index (χ0) is 18.9. The van der Waals surface area contributed by atoms with E-state index in [-0.39, 0.29) is 22.5 Å². The number of Topliss-reactive ketones (excluding diaryl/α,β-unsaturated/α-hetero) is 1. The average molecular weight is 389 g/mol. The lowest BCUT2D eigenvalue weighted by atomic mass is 9.93. The Morgan fingerprint density at radius 1 is 1.27 bits per heavy atom. The highest BCUT2D eigenvalue weighted by Gasteiger charge is 2.21. The number of carbonyl (C=O) groups is 1. The molecule has 0 amide bonds. The number of nitrogens with zero attached hydrogens (tertiary/aromatic N) is 1. The topological polar surface area (TPSA) is 76.0 Å². The number of nitrogens with one attached hydrogen (secondary N) is 1. The lowest BCUT2D eigenvalue weighted by molar-refractivity contribution is 0.105. The molecule has 26 heavy (non-hydrogen) atoms. The van der Waals surface area contributed by atoms with E-state index in [0.29, 0.717) is 20.0 Å². The number of hydrogen-bond acceptors (Lipinski definition) is 5. The molecule has 0 unspecified atom stereocenters. The molecule has 5 nitrogen and oxygen atoms in total. The van der Waals surface area contributed by atoms with Crippen molar-refractivity contribution in [3.8, 4) is 0 Å². The summed E-state index contributed by atoms with van der Waals surface area (Å²) in [6, 6.07) is 8.77. The molecule has 0 spiro atoms. The number of rotatable bonds is 3. The molecule has 0 aliphatic rings. The first-order chi connectivity index (χ1) is 12.2. The molecule has 0 radical (unpaired) electrons. The number of hydrogen-bond donors (Lipinski definition) is 1. The highest BCUT2D eigenvalue weighted by Crippen LogP contribution is 2.22. The summed E-state index contributed by atoms with van der Waals surface area (Å²) in [5, 5.41) is 4.45. The monoisotopic (exact) mass is 388 g/mol. The van der Waals surface area contributed by atoms with Crippen molar-refractivity contribution in [2.24, 2.45) is 0 Å². The van der Waals surface area contributed by atoms with Crippen LogP contribution in [0.1, 0.15) is 42.6 Å². The lowest BCUT2D eigenvalue weighted by Gasteiger charge is -2.11. The number of carbonyl (C=O) groups excluding carboxylic acids is 1. The number of halogens is 1. The van der Waals surface area contributed by atoms with Crippen molar-refractivity contribution >= 4 is 40.9 Å². The Labute approximate surface area is 158 Å². The smallest absolute Gasteiger partial charge is 0.266 e. The molecule has 0 aliphatic carbocycles. The van der Waals surface area contributed by atoms with Crippen molar-refractivity contribution in [1.82, 2.24) is 10.1 Å². The molecule has 134 valence electrons. The molecule has 7 heteroatoms. The Hall–Kier alpha value is -2.44. The first-order valence-corrected chi connectivity index (χ1v) is 9.11. The summed E-state index contributed by atoms with van der Waals surface area (Å²) in [6.07, 6.45) is 3.10. The van der Waals surface area contributed by atoms with Crippen LogP contribution in [-0.4, -0.2) is 15.9 Å². The lowest BCUT2D eigenvalue weighted by Crippen LogP contribution is -2.20. The van der Waals surface area contributed by atoms with Gasteiger partial charge in [-0.25, -0.2) is 0 Å². The van der Waals surface area contributed by atoms with Gasteiger partial charge in [0.05, 0.1) is 9.20 Å². The zero-order valence-corrected chi connectivity index (χ0v) is 16.1. The highest BCUT2D eigenvalue weighted by molar-refractivity contribution is 7.07. The van der Waals surface area contributed by atoms with Crippen molar-refractivity contribution in [3.05, 3.63) is 71.9 Å². The molecule has 3 rings (SSSR count). The maximum absolute atomic E-state index is 12.4. The maximum Gasteiger partial charge on any atom is 0.266 e. The SMILES string of the molecule is CC(C)(C)c1cc(C(=O)/C=c2/[nH]c(=O)/c(=C\c3ccc(Cl)cc3)s2)no1. The molecule has 1 N–H and O–H groups in total. The third-order valence-electron chi connectivity index (χ3n) is 3.61.